The van der Waals surface area contributed by atoms with Gasteiger partial charge in [0.1, 0.15) is 17.5 Å². The molecular formula is C19H22N6O. The highest BCUT2D eigenvalue weighted by Gasteiger charge is 2.26. The van der Waals surface area contributed by atoms with E-state index < -0.39 is 0 Å². The summed E-state index contributed by atoms with van der Waals surface area (Å²) in [5.74, 6) is 2.89. The standard InChI is InChI=1S/C19H22N6O/c1-14-20-10-7-17(21-14)24-11-8-16(9-12-24)18-22-23-19(26)25(18)13-15-5-3-2-4-6-15/h2-7,10,16H,8-9,11-13H2,1H3,(H,23,26). The summed E-state index contributed by atoms with van der Waals surface area (Å²) < 4.78 is 1.77. The van der Waals surface area contributed by atoms with Gasteiger partial charge in [-0.15, -0.1) is 0 Å². The molecule has 0 saturated carbocycles. The average molecular weight is 350 g/mol. The quantitative estimate of drug-likeness (QED) is 0.779. The summed E-state index contributed by atoms with van der Waals surface area (Å²) in [5.41, 5.74) is 0.962. The Morgan fingerprint density at radius 1 is 1.15 bits per heavy atom. The van der Waals surface area contributed by atoms with E-state index in [4.69, 9.17) is 0 Å². The van der Waals surface area contributed by atoms with Crippen LogP contribution >= 0.6 is 0 Å². The van der Waals surface area contributed by atoms with E-state index in [0.29, 0.717) is 6.54 Å². The molecule has 1 aliphatic rings. The van der Waals surface area contributed by atoms with Crippen molar-refractivity contribution in [1.82, 2.24) is 24.7 Å². The fourth-order valence-electron chi connectivity index (χ4n) is 3.55. The summed E-state index contributed by atoms with van der Waals surface area (Å²) in [7, 11) is 0. The van der Waals surface area contributed by atoms with Crippen molar-refractivity contribution < 1.29 is 0 Å². The summed E-state index contributed by atoms with van der Waals surface area (Å²) in [6.45, 7) is 4.25. The van der Waals surface area contributed by atoms with Crippen LogP contribution in [0, 0.1) is 6.92 Å². The number of aryl methyl sites for hydroxylation is 1. The second-order valence-corrected chi connectivity index (χ2v) is 6.68. The summed E-state index contributed by atoms with van der Waals surface area (Å²) in [6, 6.07) is 12.0. The lowest BCUT2D eigenvalue weighted by Crippen LogP contribution is -2.35. The molecule has 1 aromatic carbocycles. The topological polar surface area (TPSA) is 79.7 Å². The fraction of sp³-hybridized carbons (Fsp3) is 0.368. The van der Waals surface area contributed by atoms with Crippen LogP contribution in [-0.2, 0) is 6.54 Å². The van der Waals surface area contributed by atoms with Crippen molar-refractivity contribution in [2.45, 2.75) is 32.2 Å². The number of benzene rings is 1. The molecule has 0 spiro atoms. The molecule has 3 heterocycles. The van der Waals surface area contributed by atoms with Gasteiger partial charge in [0.05, 0.1) is 6.54 Å². The Kier molecular flexibility index (Phi) is 4.51. The van der Waals surface area contributed by atoms with Crippen LogP contribution < -0.4 is 10.6 Å². The van der Waals surface area contributed by atoms with E-state index in [1.54, 1.807) is 10.8 Å². The normalized spacial score (nSPS) is 15.3. The molecule has 0 bridgehead atoms. The van der Waals surface area contributed by atoms with E-state index in [2.05, 4.69) is 25.1 Å². The van der Waals surface area contributed by atoms with E-state index in [0.717, 1.165) is 49.0 Å². The number of piperidine rings is 1. The van der Waals surface area contributed by atoms with E-state index >= 15 is 0 Å². The van der Waals surface area contributed by atoms with Gasteiger partial charge in [0.15, 0.2) is 0 Å². The highest BCUT2D eigenvalue weighted by molar-refractivity contribution is 5.38. The average Bonchev–Trinajstić information content (AvgIpc) is 3.03. The first-order valence-corrected chi connectivity index (χ1v) is 8.94. The minimum atomic E-state index is -0.141. The van der Waals surface area contributed by atoms with E-state index in [-0.39, 0.29) is 11.6 Å². The molecule has 134 valence electrons. The number of hydrogen-bond acceptors (Lipinski definition) is 5. The fourth-order valence-corrected chi connectivity index (χ4v) is 3.55. The molecule has 0 radical (unpaired) electrons. The summed E-state index contributed by atoms with van der Waals surface area (Å²) in [6.07, 6.45) is 3.69. The molecule has 1 saturated heterocycles. The summed E-state index contributed by atoms with van der Waals surface area (Å²) >= 11 is 0. The molecule has 0 amide bonds. The Bertz CT molecular complexity index is 924. The summed E-state index contributed by atoms with van der Waals surface area (Å²) in [4.78, 5) is 23.2. The van der Waals surface area contributed by atoms with Gasteiger partial charge in [0.2, 0.25) is 0 Å². The van der Waals surface area contributed by atoms with E-state index in [1.165, 1.54) is 0 Å². The largest absolute Gasteiger partial charge is 0.356 e. The maximum absolute atomic E-state index is 12.2. The lowest BCUT2D eigenvalue weighted by Gasteiger charge is -2.32. The van der Waals surface area contributed by atoms with E-state index in [9.17, 15) is 4.79 Å². The molecule has 2 aromatic heterocycles. The van der Waals surface area contributed by atoms with Crippen LogP contribution in [0.5, 0.6) is 0 Å². The number of aromatic nitrogens is 5. The molecule has 1 fully saturated rings. The molecular weight excluding hydrogens is 328 g/mol. The molecule has 3 aromatic rings. The van der Waals surface area contributed by atoms with Crippen LogP contribution in [0.1, 0.15) is 36.0 Å². The van der Waals surface area contributed by atoms with Gasteiger partial charge in [-0.3, -0.25) is 4.57 Å². The first kappa shape index (κ1) is 16.5. The zero-order valence-corrected chi connectivity index (χ0v) is 14.8. The Labute approximate surface area is 151 Å². The molecule has 0 aliphatic carbocycles. The maximum Gasteiger partial charge on any atom is 0.343 e. The van der Waals surface area contributed by atoms with Gasteiger partial charge in [-0.2, -0.15) is 5.10 Å². The van der Waals surface area contributed by atoms with Crippen LogP contribution in [0.3, 0.4) is 0 Å². The Morgan fingerprint density at radius 3 is 2.65 bits per heavy atom. The molecule has 4 rings (SSSR count). The van der Waals surface area contributed by atoms with Gasteiger partial charge < -0.3 is 4.90 Å². The van der Waals surface area contributed by atoms with E-state index in [1.807, 2.05) is 43.3 Å². The van der Waals surface area contributed by atoms with Crippen LogP contribution in [-0.4, -0.2) is 37.8 Å². The summed E-state index contributed by atoms with van der Waals surface area (Å²) in [5, 5.41) is 6.96. The number of anilines is 1. The lowest BCUT2D eigenvalue weighted by molar-refractivity contribution is 0.465. The first-order valence-electron chi connectivity index (χ1n) is 8.94. The van der Waals surface area contributed by atoms with Gasteiger partial charge in [-0.1, -0.05) is 30.3 Å². The predicted molar refractivity (Wildman–Crippen MR) is 99.3 cm³/mol. The SMILES string of the molecule is Cc1nccc(N2CCC(c3n[nH]c(=O)n3Cc3ccccc3)CC2)n1. The van der Waals surface area contributed by atoms with Crippen molar-refractivity contribution in [3.05, 3.63) is 70.3 Å². The zero-order valence-electron chi connectivity index (χ0n) is 14.8. The van der Waals surface area contributed by atoms with Crippen molar-refractivity contribution in [2.75, 3.05) is 18.0 Å². The smallest absolute Gasteiger partial charge is 0.343 e. The Hall–Kier alpha value is -2.96. The molecule has 26 heavy (non-hydrogen) atoms. The van der Waals surface area contributed by atoms with Gasteiger partial charge in [0.25, 0.3) is 0 Å². The first-order chi connectivity index (χ1) is 12.7. The molecule has 0 unspecified atom stereocenters. The Balaban J connectivity index is 1.49. The molecule has 1 aliphatic heterocycles. The number of hydrogen-bond donors (Lipinski definition) is 1. The van der Waals surface area contributed by atoms with Crippen LogP contribution in [0.15, 0.2) is 47.4 Å². The molecule has 1 N–H and O–H groups in total. The van der Waals surface area contributed by atoms with Crippen molar-refractivity contribution in [1.29, 1.82) is 0 Å². The highest BCUT2D eigenvalue weighted by Crippen LogP contribution is 2.28. The van der Waals surface area contributed by atoms with Gasteiger partial charge in [-0.25, -0.2) is 19.9 Å². The number of nitrogens with zero attached hydrogens (tertiary/aromatic N) is 5. The Morgan fingerprint density at radius 2 is 1.92 bits per heavy atom. The molecule has 7 heteroatoms. The van der Waals surface area contributed by atoms with Crippen molar-refractivity contribution in [3.8, 4) is 0 Å². The number of rotatable bonds is 4. The second-order valence-electron chi connectivity index (χ2n) is 6.68. The van der Waals surface area contributed by atoms with Crippen LogP contribution in [0.4, 0.5) is 5.82 Å². The minimum Gasteiger partial charge on any atom is -0.356 e. The molecule has 0 atom stereocenters. The third-order valence-corrected chi connectivity index (χ3v) is 4.92. The van der Waals surface area contributed by atoms with Gasteiger partial charge in [0, 0.05) is 25.2 Å². The van der Waals surface area contributed by atoms with Crippen molar-refractivity contribution in [3.63, 3.8) is 0 Å². The number of aromatic amines is 1. The molecule has 7 nitrogen and oxygen atoms in total. The minimum absolute atomic E-state index is 0.141. The van der Waals surface area contributed by atoms with Gasteiger partial charge in [-0.05, 0) is 31.4 Å². The van der Waals surface area contributed by atoms with Crippen LogP contribution in [0.25, 0.3) is 0 Å². The second kappa shape index (κ2) is 7.11. The zero-order chi connectivity index (χ0) is 17.9. The van der Waals surface area contributed by atoms with Crippen LogP contribution in [0.2, 0.25) is 0 Å². The third kappa shape index (κ3) is 3.37. The van der Waals surface area contributed by atoms with Gasteiger partial charge >= 0.3 is 5.69 Å². The van der Waals surface area contributed by atoms with Crippen molar-refractivity contribution >= 4 is 5.82 Å². The number of nitrogens with one attached hydrogen (secondary N) is 1. The highest BCUT2D eigenvalue weighted by atomic mass is 16.1. The number of H-pyrrole nitrogens is 1. The lowest BCUT2D eigenvalue weighted by atomic mass is 9.96. The monoisotopic (exact) mass is 350 g/mol. The predicted octanol–water partition coefficient (Wildman–Crippen LogP) is 2.10. The third-order valence-electron chi connectivity index (χ3n) is 4.92. The maximum atomic E-state index is 12.2. The van der Waals surface area contributed by atoms with Crippen molar-refractivity contribution in [2.24, 2.45) is 0 Å².